The topological polar surface area (TPSA) is 95.9 Å². The van der Waals surface area contributed by atoms with E-state index in [-0.39, 0.29) is 6.61 Å². The van der Waals surface area contributed by atoms with Crippen molar-refractivity contribution in [3.63, 3.8) is 0 Å². The van der Waals surface area contributed by atoms with Crippen molar-refractivity contribution in [2.24, 2.45) is 0 Å². The summed E-state index contributed by atoms with van der Waals surface area (Å²) in [5.41, 5.74) is 3.73. The quantitative estimate of drug-likeness (QED) is 0.357. The molecule has 0 spiro atoms. The van der Waals surface area contributed by atoms with Gasteiger partial charge in [-0.25, -0.2) is 9.78 Å². The molecule has 162 valence electrons. The summed E-state index contributed by atoms with van der Waals surface area (Å²) in [6.45, 7) is 1.94. The van der Waals surface area contributed by atoms with Crippen molar-refractivity contribution >= 4 is 5.97 Å². The lowest BCUT2D eigenvalue weighted by Gasteiger charge is -2.08. The normalized spacial score (nSPS) is 10.8. The molecule has 2 heterocycles. The average molecular weight is 437 g/mol. The van der Waals surface area contributed by atoms with Gasteiger partial charge in [0.25, 0.3) is 0 Å². The third-order valence-electron chi connectivity index (χ3n) is 5.09. The van der Waals surface area contributed by atoms with Gasteiger partial charge in [0.05, 0.1) is 23.0 Å². The Morgan fingerprint density at radius 2 is 1.73 bits per heavy atom. The van der Waals surface area contributed by atoms with Gasteiger partial charge in [0.2, 0.25) is 5.89 Å². The van der Waals surface area contributed by atoms with Crippen molar-refractivity contribution < 1.29 is 13.9 Å². The molecule has 0 amide bonds. The lowest BCUT2D eigenvalue weighted by Crippen LogP contribution is -2.11. The molecule has 0 aliphatic carbocycles. The van der Waals surface area contributed by atoms with E-state index in [0.29, 0.717) is 28.6 Å². The number of rotatable bonds is 6. The maximum absolute atomic E-state index is 12.9. The molecule has 33 heavy (non-hydrogen) atoms. The minimum Gasteiger partial charge on any atom is -0.454 e. The van der Waals surface area contributed by atoms with Crippen molar-refractivity contribution in [2.75, 3.05) is 0 Å². The number of nitrogens with zero attached hydrogens (tertiary/aromatic N) is 5. The molecule has 0 saturated heterocycles. The second-order valence-corrected chi connectivity index (χ2v) is 7.36. The van der Waals surface area contributed by atoms with Crippen LogP contribution in [-0.2, 0) is 11.3 Å². The van der Waals surface area contributed by atoms with Crippen molar-refractivity contribution in [2.45, 2.75) is 13.5 Å². The number of ether oxygens (including phenoxy) is 1. The first-order valence-corrected chi connectivity index (χ1v) is 10.3. The number of aromatic nitrogens is 5. The highest BCUT2D eigenvalue weighted by Gasteiger charge is 2.19. The van der Waals surface area contributed by atoms with Gasteiger partial charge in [-0.05, 0) is 41.6 Å². The van der Waals surface area contributed by atoms with Gasteiger partial charge in [0.15, 0.2) is 18.2 Å². The van der Waals surface area contributed by atoms with Crippen LogP contribution in [0.15, 0.2) is 89.5 Å². The fraction of sp³-hybridized carbons (Fsp3) is 0.0800. The van der Waals surface area contributed by atoms with E-state index >= 15 is 0 Å². The van der Waals surface area contributed by atoms with Crippen molar-refractivity contribution in [3.05, 3.63) is 102 Å². The zero-order valence-corrected chi connectivity index (χ0v) is 17.8. The summed E-state index contributed by atoms with van der Waals surface area (Å²) in [4.78, 5) is 17.3. The minimum atomic E-state index is -0.525. The highest BCUT2D eigenvalue weighted by atomic mass is 16.5. The fourth-order valence-corrected chi connectivity index (χ4v) is 3.37. The van der Waals surface area contributed by atoms with Gasteiger partial charge in [-0.2, -0.15) is 4.68 Å². The lowest BCUT2D eigenvalue weighted by molar-refractivity contribution is 0.0460. The van der Waals surface area contributed by atoms with Crippen LogP contribution in [0.3, 0.4) is 0 Å². The number of carbonyl (C=O) groups excluding carboxylic acids is 1. The second kappa shape index (κ2) is 8.88. The van der Waals surface area contributed by atoms with Crippen molar-refractivity contribution in [3.8, 4) is 28.5 Å². The molecule has 0 unspecified atom stereocenters. The Kier molecular flexibility index (Phi) is 5.47. The predicted molar refractivity (Wildman–Crippen MR) is 120 cm³/mol. The van der Waals surface area contributed by atoms with E-state index < -0.39 is 5.97 Å². The number of tetrazole rings is 1. The van der Waals surface area contributed by atoms with Crippen LogP contribution in [0.5, 0.6) is 0 Å². The Hall–Kier alpha value is -4.59. The van der Waals surface area contributed by atoms with Gasteiger partial charge < -0.3 is 9.15 Å². The summed E-state index contributed by atoms with van der Waals surface area (Å²) in [7, 11) is 0. The van der Waals surface area contributed by atoms with Crippen LogP contribution in [0, 0.1) is 6.92 Å². The number of para-hydroxylation sites is 1. The largest absolute Gasteiger partial charge is 0.454 e. The van der Waals surface area contributed by atoms with E-state index in [9.17, 15) is 4.79 Å². The summed E-state index contributed by atoms with van der Waals surface area (Å²) in [6, 6.07) is 24.4. The molecule has 0 bridgehead atoms. The molecule has 0 aliphatic heterocycles. The third-order valence-corrected chi connectivity index (χ3v) is 5.09. The molecular weight excluding hydrogens is 418 g/mol. The first-order chi connectivity index (χ1) is 16.2. The predicted octanol–water partition coefficient (Wildman–Crippen LogP) is 4.65. The van der Waals surface area contributed by atoms with Crippen LogP contribution in [0.1, 0.15) is 21.7 Å². The molecular formula is C25H19N5O3. The van der Waals surface area contributed by atoms with Crippen LogP contribution in [-0.4, -0.2) is 31.2 Å². The summed E-state index contributed by atoms with van der Waals surface area (Å²) >= 11 is 0. The van der Waals surface area contributed by atoms with E-state index in [1.807, 2.05) is 67.6 Å². The summed E-state index contributed by atoms with van der Waals surface area (Å²) in [5, 5.41) is 11.7. The van der Waals surface area contributed by atoms with Gasteiger partial charge in [0.1, 0.15) is 0 Å². The van der Waals surface area contributed by atoms with E-state index in [1.54, 1.807) is 24.4 Å². The zero-order valence-electron chi connectivity index (χ0n) is 17.8. The van der Waals surface area contributed by atoms with E-state index in [1.165, 1.54) is 4.68 Å². The maximum Gasteiger partial charge on any atom is 0.339 e. The van der Waals surface area contributed by atoms with E-state index in [4.69, 9.17) is 9.15 Å². The molecule has 0 fully saturated rings. The number of aryl methyl sites for hydroxylation is 1. The highest BCUT2D eigenvalue weighted by Crippen LogP contribution is 2.29. The highest BCUT2D eigenvalue weighted by molar-refractivity contribution is 5.96. The maximum atomic E-state index is 12.9. The molecule has 3 aromatic carbocycles. The van der Waals surface area contributed by atoms with Gasteiger partial charge in [-0.15, -0.1) is 5.10 Å². The SMILES string of the molecule is Cc1ccc(-c2cnc(-c3ccccc3C(=O)OCc3nnnn3-c3ccccc3)o2)cc1. The minimum absolute atomic E-state index is 0.0880. The number of carbonyl (C=O) groups is 1. The Morgan fingerprint density at radius 1 is 0.970 bits per heavy atom. The summed E-state index contributed by atoms with van der Waals surface area (Å²) < 4.78 is 13.0. The second-order valence-electron chi connectivity index (χ2n) is 7.36. The number of oxazole rings is 1. The Bertz CT molecular complexity index is 1390. The van der Waals surface area contributed by atoms with E-state index in [0.717, 1.165) is 16.8 Å². The number of hydrogen-bond donors (Lipinski definition) is 0. The lowest BCUT2D eigenvalue weighted by atomic mass is 10.1. The van der Waals surface area contributed by atoms with Crippen molar-refractivity contribution in [1.82, 2.24) is 25.2 Å². The van der Waals surface area contributed by atoms with Crippen LogP contribution in [0.25, 0.3) is 28.5 Å². The van der Waals surface area contributed by atoms with Crippen molar-refractivity contribution in [1.29, 1.82) is 0 Å². The molecule has 2 aromatic heterocycles. The molecule has 0 saturated carbocycles. The molecule has 8 heteroatoms. The Labute approximate surface area is 189 Å². The van der Waals surface area contributed by atoms with Gasteiger partial charge in [0, 0.05) is 5.56 Å². The van der Waals surface area contributed by atoms with Gasteiger partial charge in [-0.3, -0.25) is 0 Å². The molecule has 0 aliphatic rings. The van der Waals surface area contributed by atoms with Gasteiger partial charge >= 0.3 is 5.97 Å². The number of hydrogen-bond acceptors (Lipinski definition) is 7. The fourth-order valence-electron chi connectivity index (χ4n) is 3.37. The molecule has 0 N–H and O–H groups in total. The third kappa shape index (κ3) is 4.27. The summed E-state index contributed by atoms with van der Waals surface area (Å²) in [5.74, 6) is 0.843. The van der Waals surface area contributed by atoms with Crippen LogP contribution in [0.4, 0.5) is 0 Å². The first kappa shape index (κ1) is 20.3. The molecule has 5 aromatic rings. The molecule has 5 rings (SSSR count). The molecule has 0 atom stereocenters. The van der Waals surface area contributed by atoms with Crippen LogP contribution in [0.2, 0.25) is 0 Å². The summed E-state index contributed by atoms with van der Waals surface area (Å²) in [6.07, 6.45) is 1.65. The average Bonchev–Trinajstić information content (AvgIpc) is 3.54. The smallest absolute Gasteiger partial charge is 0.339 e. The number of esters is 1. The van der Waals surface area contributed by atoms with Crippen LogP contribution < -0.4 is 0 Å². The standard InChI is InChI=1S/C25H19N5O3/c1-17-11-13-18(14-12-17)22-15-26-24(33-22)20-9-5-6-10-21(20)25(31)32-16-23-27-28-29-30(23)19-7-3-2-4-8-19/h2-15H,16H2,1H3. The first-order valence-electron chi connectivity index (χ1n) is 10.3. The molecule has 0 radical (unpaired) electrons. The van der Waals surface area contributed by atoms with Gasteiger partial charge in [-0.1, -0.05) is 60.2 Å². The number of benzene rings is 3. The Balaban J connectivity index is 1.36. The Morgan fingerprint density at radius 3 is 2.55 bits per heavy atom. The van der Waals surface area contributed by atoms with Crippen LogP contribution >= 0.6 is 0 Å². The molecule has 8 nitrogen and oxygen atoms in total. The monoisotopic (exact) mass is 437 g/mol. The zero-order chi connectivity index (χ0) is 22.6. The van der Waals surface area contributed by atoms with E-state index in [2.05, 4.69) is 20.5 Å².